The van der Waals surface area contributed by atoms with Crippen molar-refractivity contribution >= 4 is 32.5 Å². The Morgan fingerprint density at radius 1 is 1.09 bits per heavy atom. The summed E-state index contributed by atoms with van der Waals surface area (Å²) in [5, 5.41) is 10.5. The van der Waals surface area contributed by atoms with Gasteiger partial charge < -0.3 is 10.1 Å². The summed E-state index contributed by atoms with van der Waals surface area (Å²) >= 11 is 0. The molecule has 3 aromatic rings. The Kier molecular flexibility index (Phi) is 3.34. The number of hydrogen-bond acceptors (Lipinski definition) is 3. The van der Waals surface area contributed by atoms with E-state index in [0.29, 0.717) is 5.69 Å². The maximum absolute atomic E-state index is 12.4. The first-order valence-electron chi connectivity index (χ1n) is 6.40. The number of hydrogen-bond donors (Lipinski definition) is 3. The molecule has 112 valence electrons. The topological polar surface area (TPSA) is 99.3 Å². The number of fused-ring (bicyclic) bond motifs is 1. The molecule has 2 aromatic carbocycles. The standard InChI is InChI=1S/C15H12N2O4S/c18-15(19)14-8-11(9-16-14)22(20,21)17-13-7-3-5-10-4-1-2-6-12(10)13/h1-9,16-17H,(H,18,19). The van der Waals surface area contributed by atoms with Crippen molar-refractivity contribution in [2.45, 2.75) is 4.90 Å². The number of aromatic nitrogens is 1. The van der Waals surface area contributed by atoms with Gasteiger partial charge in [0, 0.05) is 11.6 Å². The van der Waals surface area contributed by atoms with Gasteiger partial charge in [0.25, 0.3) is 10.0 Å². The molecular formula is C15H12N2O4S. The second kappa shape index (κ2) is 5.19. The maximum Gasteiger partial charge on any atom is 0.352 e. The van der Waals surface area contributed by atoms with E-state index in [2.05, 4.69) is 9.71 Å². The summed E-state index contributed by atoms with van der Waals surface area (Å²) in [6.07, 6.45) is 1.15. The van der Waals surface area contributed by atoms with Crippen LogP contribution in [0.3, 0.4) is 0 Å². The Balaban J connectivity index is 2.01. The molecule has 0 saturated heterocycles. The Morgan fingerprint density at radius 3 is 2.55 bits per heavy atom. The van der Waals surface area contributed by atoms with Gasteiger partial charge in [0.1, 0.15) is 10.6 Å². The monoisotopic (exact) mass is 316 g/mol. The van der Waals surface area contributed by atoms with Crippen molar-refractivity contribution in [3.8, 4) is 0 Å². The van der Waals surface area contributed by atoms with E-state index in [1.807, 2.05) is 30.3 Å². The molecule has 0 saturated carbocycles. The second-order valence-electron chi connectivity index (χ2n) is 4.69. The van der Waals surface area contributed by atoms with Crippen LogP contribution < -0.4 is 4.72 Å². The number of nitrogens with one attached hydrogen (secondary N) is 2. The molecule has 7 heteroatoms. The Morgan fingerprint density at radius 2 is 1.82 bits per heavy atom. The third-order valence-corrected chi connectivity index (χ3v) is 4.58. The number of aromatic carboxylic acids is 1. The second-order valence-corrected chi connectivity index (χ2v) is 6.37. The average Bonchev–Trinajstić information content (AvgIpc) is 2.98. The van der Waals surface area contributed by atoms with Gasteiger partial charge in [0.15, 0.2) is 0 Å². The van der Waals surface area contributed by atoms with Crippen molar-refractivity contribution in [3.63, 3.8) is 0 Å². The van der Waals surface area contributed by atoms with Crippen molar-refractivity contribution in [1.82, 2.24) is 4.98 Å². The van der Waals surface area contributed by atoms with E-state index >= 15 is 0 Å². The van der Waals surface area contributed by atoms with Crippen LogP contribution in [0.15, 0.2) is 59.6 Å². The fourth-order valence-electron chi connectivity index (χ4n) is 2.17. The number of anilines is 1. The number of carboxylic acid groups (broad SMARTS) is 1. The average molecular weight is 316 g/mol. The molecule has 0 atom stereocenters. The highest BCUT2D eigenvalue weighted by molar-refractivity contribution is 7.92. The van der Waals surface area contributed by atoms with Gasteiger partial charge in [-0.1, -0.05) is 36.4 Å². The van der Waals surface area contributed by atoms with Crippen molar-refractivity contribution in [3.05, 3.63) is 60.4 Å². The first kappa shape index (κ1) is 14.2. The van der Waals surface area contributed by atoms with Crippen molar-refractivity contribution in [2.75, 3.05) is 4.72 Å². The molecule has 0 amide bonds. The van der Waals surface area contributed by atoms with Gasteiger partial charge in [-0.15, -0.1) is 0 Å². The SMILES string of the molecule is O=C(O)c1cc(S(=O)(=O)Nc2cccc3ccccc23)c[nH]1. The zero-order chi connectivity index (χ0) is 15.7. The highest BCUT2D eigenvalue weighted by Crippen LogP contribution is 2.25. The first-order chi connectivity index (χ1) is 10.5. The molecule has 0 aliphatic rings. The van der Waals surface area contributed by atoms with Crippen molar-refractivity contribution < 1.29 is 18.3 Å². The van der Waals surface area contributed by atoms with Crippen LogP contribution in [0.25, 0.3) is 10.8 Å². The molecule has 22 heavy (non-hydrogen) atoms. The summed E-state index contributed by atoms with van der Waals surface area (Å²) in [6.45, 7) is 0. The summed E-state index contributed by atoms with van der Waals surface area (Å²) < 4.78 is 27.2. The lowest BCUT2D eigenvalue weighted by molar-refractivity contribution is 0.0691. The van der Waals surface area contributed by atoms with Gasteiger partial charge >= 0.3 is 5.97 Å². The lowest BCUT2D eigenvalue weighted by Crippen LogP contribution is -2.12. The summed E-state index contributed by atoms with van der Waals surface area (Å²) in [6, 6.07) is 13.7. The third kappa shape index (κ3) is 2.53. The molecule has 0 spiro atoms. The van der Waals surface area contributed by atoms with Crippen LogP contribution in [-0.2, 0) is 10.0 Å². The third-order valence-electron chi connectivity index (χ3n) is 3.23. The van der Waals surface area contributed by atoms with Gasteiger partial charge in [-0.25, -0.2) is 13.2 Å². The number of carbonyl (C=O) groups is 1. The number of aromatic amines is 1. The number of rotatable bonds is 4. The lowest BCUT2D eigenvalue weighted by atomic mass is 10.1. The molecule has 0 aliphatic carbocycles. The molecule has 0 aliphatic heterocycles. The normalized spacial score (nSPS) is 11.5. The molecule has 0 bridgehead atoms. The molecule has 1 heterocycles. The molecule has 1 aromatic heterocycles. The van der Waals surface area contributed by atoms with E-state index in [0.717, 1.165) is 23.0 Å². The number of benzene rings is 2. The fraction of sp³-hybridized carbons (Fsp3) is 0. The Bertz CT molecular complexity index is 955. The largest absolute Gasteiger partial charge is 0.477 e. The molecule has 0 fully saturated rings. The molecule has 3 rings (SSSR count). The Hall–Kier alpha value is -2.80. The Labute approximate surface area is 126 Å². The summed E-state index contributed by atoms with van der Waals surface area (Å²) in [5.74, 6) is -1.22. The number of H-pyrrole nitrogens is 1. The quantitative estimate of drug-likeness (QED) is 0.689. The molecule has 3 N–H and O–H groups in total. The van der Waals surface area contributed by atoms with E-state index < -0.39 is 16.0 Å². The molecular weight excluding hydrogens is 304 g/mol. The van der Waals surface area contributed by atoms with E-state index in [-0.39, 0.29) is 10.6 Å². The maximum atomic E-state index is 12.4. The van der Waals surface area contributed by atoms with Crippen LogP contribution >= 0.6 is 0 Å². The number of sulfonamides is 1. The minimum Gasteiger partial charge on any atom is -0.477 e. The predicted molar refractivity (Wildman–Crippen MR) is 82.5 cm³/mol. The lowest BCUT2D eigenvalue weighted by Gasteiger charge is -2.09. The molecule has 6 nitrogen and oxygen atoms in total. The summed E-state index contributed by atoms with van der Waals surface area (Å²) in [4.78, 5) is 13.1. The van der Waals surface area contributed by atoms with Gasteiger partial charge in [-0.2, -0.15) is 0 Å². The van der Waals surface area contributed by atoms with Crippen LogP contribution in [0.5, 0.6) is 0 Å². The van der Waals surface area contributed by atoms with Crippen molar-refractivity contribution in [1.29, 1.82) is 0 Å². The van der Waals surface area contributed by atoms with E-state index in [1.54, 1.807) is 12.1 Å². The van der Waals surface area contributed by atoms with E-state index in [9.17, 15) is 13.2 Å². The van der Waals surface area contributed by atoms with Gasteiger partial charge in [-0.3, -0.25) is 4.72 Å². The van der Waals surface area contributed by atoms with Crippen LogP contribution in [0.1, 0.15) is 10.5 Å². The zero-order valence-electron chi connectivity index (χ0n) is 11.3. The van der Waals surface area contributed by atoms with E-state index in [1.165, 1.54) is 0 Å². The van der Waals surface area contributed by atoms with Crippen LogP contribution in [0.2, 0.25) is 0 Å². The predicted octanol–water partition coefficient (Wildman–Crippen LogP) is 2.67. The van der Waals surface area contributed by atoms with Gasteiger partial charge in [-0.05, 0) is 17.5 Å². The number of carboxylic acids is 1. The first-order valence-corrected chi connectivity index (χ1v) is 7.88. The highest BCUT2D eigenvalue weighted by atomic mass is 32.2. The van der Waals surface area contributed by atoms with Crippen LogP contribution in [-0.4, -0.2) is 24.5 Å². The van der Waals surface area contributed by atoms with E-state index in [4.69, 9.17) is 5.11 Å². The van der Waals surface area contributed by atoms with Gasteiger partial charge in [0.2, 0.25) is 0 Å². The zero-order valence-corrected chi connectivity index (χ0v) is 12.1. The molecule has 0 unspecified atom stereocenters. The van der Waals surface area contributed by atoms with Crippen LogP contribution in [0, 0.1) is 0 Å². The fourth-order valence-corrected chi connectivity index (χ4v) is 3.24. The van der Waals surface area contributed by atoms with Crippen molar-refractivity contribution in [2.24, 2.45) is 0 Å². The summed E-state index contributed by atoms with van der Waals surface area (Å²) in [5.41, 5.74) is 0.259. The van der Waals surface area contributed by atoms with Gasteiger partial charge in [0.05, 0.1) is 5.69 Å². The van der Waals surface area contributed by atoms with Crippen LogP contribution in [0.4, 0.5) is 5.69 Å². The highest BCUT2D eigenvalue weighted by Gasteiger charge is 2.19. The minimum atomic E-state index is -3.86. The minimum absolute atomic E-state index is 0.127. The summed E-state index contributed by atoms with van der Waals surface area (Å²) in [7, 11) is -3.86. The molecule has 0 radical (unpaired) electrons. The smallest absolute Gasteiger partial charge is 0.352 e.